The number of benzene rings is 2. The maximum Gasteiger partial charge on any atom is 0.407 e. The van der Waals surface area contributed by atoms with Gasteiger partial charge in [-0.1, -0.05) is 36.0 Å². The van der Waals surface area contributed by atoms with Crippen LogP contribution in [0.15, 0.2) is 59.8 Å². The second-order valence-corrected chi connectivity index (χ2v) is 15.7. The fourth-order valence-electron chi connectivity index (χ4n) is 8.04. The largest absolute Gasteiger partial charge is 0.497 e. The van der Waals surface area contributed by atoms with Gasteiger partial charge in [0.15, 0.2) is 11.0 Å². The molecule has 12 nitrogen and oxygen atoms in total. The molecular formula is C39H39FIN7O5S. The molecule has 4 unspecified atom stereocenters. The van der Waals surface area contributed by atoms with Gasteiger partial charge in [0.25, 0.3) is 0 Å². The van der Waals surface area contributed by atoms with Crippen molar-refractivity contribution in [2.75, 3.05) is 36.8 Å². The fourth-order valence-corrected chi connectivity index (χ4v) is 8.94. The number of carboxylic acid groups (broad SMARTS) is 1. The minimum Gasteiger partial charge on any atom is -0.497 e. The van der Waals surface area contributed by atoms with E-state index < -0.39 is 18.0 Å². The molecule has 2 bridgehead atoms. The summed E-state index contributed by atoms with van der Waals surface area (Å²) in [5.74, 6) is 2.28. The van der Waals surface area contributed by atoms with Crippen molar-refractivity contribution in [1.29, 1.82) is 0 Å². The second-order valence-electron chi connectivity index (χ2n) is 13.8. The normalized spacial score (nSPS) is 20.0. The van der Waals surface area contributed by atoms with E-state index in [0.29, 0.717) is 53.9 Å². The molecule has 3 aliphatic rings. The smallest absolute Gasteiger partial charge is 0.407 e. The Balaban J connectivity index is 1.26. The summed E-state index contributed by atoms with van der Waals surface area (Å²) in [5, 5.41) is 10.9. The van der Waals surface area contributed by atoms with Gasteiger partial charge in [0.1, 0.15) is 51.5 Å². The van der Waals surface area contributed by atoms with Crippen molar-refractivity contribution in [2.24, 2.45) is 0 Å². The van der Waals surface area contributed by atoms with Crippen LogP contribution >= 0.6 is 34.4 Å². The number of piperazine rings is 1. The predicted molar refractivity (Wildman–Crippen MR) is 214 cm³/mol. The third kappa shape index (κ3) is 6.37. The molecule has 1 N–H and O–H groups in total. The van der Waals surface area contributed by atoms with Crippen LogP contribution in [0, 0.1) is 16.3 Å². The average Bonchev–Trinajstić information content (AvgIpc) is 3.43. The zero-order valence-electron chi connectivity index (χ0n) is 30.4. The molecule has 4 atom stereocenters. The van der Waals surface area contributed by atoms with Crippen LogP contribution in [-0.4, -0.2) is 87.3 Å². The zero-order chi connectivity index (χ0) is 37.8. The lowest BCUT2D eigenvalue weighted by atomic mass is 9.98. The number of aryl methyl sites for hydroxylation is 1. The molecule has 0 radical (unpaired) electrons. The number of carbonyl (C=O) groups is 1. The minimum absolute atomic E-state index is 0.0261. The summed E-state index contributed by atoms with van der Waals surface area (Å²) in [6.45, 7) is 5.35. The molecule has 1 amide bonds. The first-order valence-corrected chi connectivity index (χ1v) is 20.0. The van der Waals surface area contributed by atoms with Crippen LogP contribution in [0.1, 0.15) is 36.5 Å². The highest BCUT2D eigenvalue weighted by atomic mass is 127. The molecule has 280 valence electrons. The first-order valence-electron chi connectivity index (χ1n) is 17.7. The van der Waals surface area contributed by atoms with Crippen LogP contribution in [0.4, 0.5) is 20.8 Å². The van der Waals surface area contributed by atoms with Crippen molar-refractivity contribution < 1.29 is 28.5 Å². The van der Waals surface area contributed by atoms with Crippen LogP contribution < -0.4 is 24.0 Å². The first-order chi connectivity index (χ1) is 26.1. The van der Waals surface area contributed by atoms with Gasteiger partial charge in [-0.05, 0) is 103 Å². The minimum atomic E-state index is -0.941. The maximum atomic E-state index is 17.3. The van der Waals surface area contributed by atoms with E-state index in [2.05, 4.69) is 32.4 Å². The second kappa shape index (κ2) is 14.5. The van der Waals surface area contributed by atoms with E-state index in [1.54, 1.807) is 19.1 Å². The third-order valence-corrected chi connectivity index (χ3v) is 12.5. The van der Waals surface area contributed by atoms with E-state index >= 15 is 4.39 Å². The molecule has 0 saturated carbocycles. The van der Waals surface area contributed by atoms with Gasteiger partial charge in [-0.15, -0.1) is 0 Å². The number of pyridine rings is 2. The van der Waals surface area contributed by atoms with Crippen LogP contribution in [0.25, 0.3) is 22.3 Å². The molecule has 5 aromatic rings. The molecule has 2 saturated heterocycles. The standard InChI is InChI=1S/C39H39FIN7O5S/c1-20-16-28(46(17-22-6-11-25(51-3)12-7-22)18-23-8-13-26(52-4)14-9-23)42-34(31(20)41)33-30(40)32-29-36(45-38(44-32)54-5)47-19-24-10-15-27(48(24)39(49)50)35(47)21(2)53-37(29)43-33/h6-9,11-14,16,21,24,27,35H,10,15,17-19H2,1-5H3,(H,49,50). The Hall–Kier alpha value is -4.64. The fraction of sp³-hybridized carbons (Fsp3) is 0.359. The number of rotatable bonds is 9. The number of ether oxygens (including phenoxy) is 3. The number of amides is 1. The summed E-state index contributed by atoms with van der Waals surface area (Å²) in [6, 6.07) is 17.0. The summed E-state index contributed by atoms with van der Waals surface area (Å²) < 4.78 is 35.4. The number of fused-ring (bicyclic) bond motifs is 5. The Morgan fingerprint density at radius 2 is 1.65 bits per heavy atom. The highest BCUT2D eigenvalue weighted by Crippen LogP contribution is 2.46. The lowest BCUT2D eigenvalue weighted by Crippen LogP contribution is -2.64. The Morgan fingerprint density at radius 3 is 2.24 bits per heavy atom. The van der Waals surface area contributed by atoms with Crippen LogP contribution in [0.2, 0.25) is 0 Å². The predicted octanol–water partition coefficient (Wildman–Crippen LogP) is 7.57. The molecule has 2 aromatic carbocycles. The molecule has 6 heterocycles. The number of anilines is 2. The van der Waals surface area contributed by atoms with E-state index in [-0.39, 0.29) is 35.2 Å². The van der Waals surface area contributed by atoms with Crippen LogP contribution in [-0.2, 0) is 13.1 Å². The summed E-state index contributed by atoms with van der Waals surface area (Å²) in [6.07, 6.45) is 1.87. The molecule has 3 aliphatic heterocycles. The van der Waals surface area contributed by atoms with Crippen molar-refractivity contribution in [3.8, 4) is 28.8 Å². The van der Waals surface area contributed by atoms with E-state index in [0.717, 1.165) is 38.2 Å². The summed E-state index contributed by atoms with van der Waals surface area (Å²) in [4.78, 5) is 37.8. The van der Waals surface area contributed by atoms with Gasteiger partial charge in [-0.25, -0.2) is 29.1 Å². The molecule has 15 heteroatoms. The number of methoxy groups -OCH3 is 2. The Bertz CT molecular complexity index is 2200. The first kappa shape index (κ1) is 36.3. The van der Waals surface area contributed by atoms with Gasteiger partial charge >= 0.3 is 6.09 Å². The number of thioether (sulfide) groups is 1. The van der Waals surface area contributed by atoms with E-state index in [9.17, 15) is 9.90 Å². The summed E-state index contributed by atoms with van der Waals surface area (Å²) in [7, 11) is 3.28. The number of aromatic nitrogens is 4. The molecule has 0 spiro atoms. The number of hydrogen-bond acceptors (Lipinski definition) is 11. The number of hydrogen-bond donors (Lipinski definition) is 1. The highest BCUT2D eigenvalue weighted by molar-refractivity contribution is 14.1. The van der Waals surface area contributed by atoms with Crippen molar-refractivity contribution >= 4 is 63.0 Å². The average molecular weight is 864 g/mol. The quantitative estimate of drug-likeness (QED) is 0.0893. The summed E-state index contributed by atoms with van der Waals surface area (Å²) >= 11 is 3.53. The van der Waals surface area contributed by atoms with Crippen LogP contribution in [0.3, 0.4) is 0 Å². The lowest BCUT2D eigenvalue weighted by Gasteiger charge is -2.47. The Kier molecular flexibility index (Phi) is 9.79. The van der Waals surface area contributed by atoms with Crippen LogP contribution in [0.5, 0.6) is 17.4 Å². The van der Waals surface area contributed by atoms with E-state index in [1.165, 1.54) is 11.8 Å². The van der Waals surface area contributed by atoms with Gasteiger partial charge in [-0.3, -0.25) is 4.90 Å². The Morgan fingerprint density at radius 1 is 1.00 bits per heavy atom. The number of nitrogens with zero attached hydrogens (tertiary/aromatic N) is 7. The van der Waals surface area contributed by atoms with Crippen molar-refractivity contribution in [3.05, 3.63) is 80.7 Å². The van der Waals surface area contributed by atoms with E-state index in [4.69, 9.17) is 34.1 Å². The Labute approximate surface area is 330 Å². The lowest BCUT2D eigenvalue weighted by molar-refractivity contribution is 0.0707. The van der Waals surface area contributed by atoms with Crippen molar-refractivity contribution in [2.45, 2.75) is 69.2 Å². The molecule has 8 rings (SSSR count). The molecule has 2 fully saturated rings. The maximum absolute atomic E-state index is 17.3. The van der Waals surface area contributed by atoms with Crippen molar-refractivity contribution in [3.63, 3.8) is 0 Å². The van der Waals surface area contributed by atoms with Crippen molar-refractivity contribution in [1.82, 2.24) is 24.8 Å². The van der Waals surface area contributed by atoms with Gasteiger partial charge < -0.3 is 29.1 Å². The van der Waals surface area contributed by atoms with E-state index in [1.807, 2.05) is 74.7 Å². The monoisotopic (exact) mass is 863 g/mol. The zero-order valence-corrected chi connectivity index (χ0v) is 33.4. The molecular weight excluding hydrogens is 824 g/mol. The third-order valence-electron chi connectivity index (χ3n) is 10.6. The van der Waals surface area contributed by atoms with Gasteiger partial charge in [-0.2, -0.15) is 0 Å². The molecule has 0 aliphatic carbocycles. The SMILES string of the molecule is COc1ccc(CN(Cc2ccc(OC)cc2)c2cc(C)c(I)c(-c3nc4c5c(nc(SC)nc5c3F)N3CC5CCC(C3C(C)O4)N5C(=O)O)n2)cc1. The van der Waals surface area contributed by atoms with Gasteiger partial charge in [0.05, 0.1) is 32.3 Å². The molecule has 3 aromatic heterocycles. The van der Waals surface area contributed by atoms with Gasteiger partial charge in [0, 0.05) is 23.2 Å². The topological polar surface area (TPSA) is 126 Å². The van der Waals surface area contributed by atoms with Gasteiger partial charge in [0.2, 0.25) is 5.88 Å². The number of halogens is 2. The molecule has 54 heavy (non-hydrogen) atoms. The summed E-state index contributed by atoms with van der Waals surface area (Å²) in [5.41, 5.74) is 3.49. The highest BCUT2D eigenvalue weighted by Gasteiger charge is 2.53.